The normalized spacial score (nSPS) is 10.4. The Balaban J connectivity index is 1.75. The van der Waals surface area contributed by atoms with Crippen molar-refractivity contribution >= 4 is 34.8 Å². The third kappa shape index (κ3) is 4.97. The van der Waals surface area contributed by atoms with Crippen molar-refractivity contribution in [2.75, 3.05) is 17.2 Å². The summed E-state index contributed by atoms with van der Waals surface area (Å²) in [6, 6.07) is 20.6. The maximum absolute atomic E-state index is 12.7. The van der Waals surface area contributed by atoms with Gasteiger partial charge in [-0.2, -0.15) is 0 Å². The molecule has 2 amide bonds. The third-order valence-corrected chi connectivity index (χ3v) is 4.35. The first kappa shape index (κ1) is 19.6. The molecule has 0 spiro atoms. The van der Waals surface area contributed by atoms with Crippen molar-refractivity contribution in [1.82, 2.24) is 0 Å². The quantitative estimate of drug-likeness (QED) is 0.580. The van der Waals surface area contributed by atoms with Gasteiger partial charge in [0, 0.05) is 22.9 Å². The number of rotatable bonds is 6. The number of benzene rings is 3. The molecule has 0 aliphatic heterocycles. The molecule has 3 aromatic rings. The van der Waals surface area contributed by atoms with Crippen LogP contribution < -0.4 is 10.6 Å². The predicted octanol–water partition coefficient (Wildman–Crippen LogP) is 4.38. The highest BCUT2D eigenvalue weighted by Crippen LogP contribution is 2.20. The predicted molar refractivity (Wildman–Crippen MR) is 111 cm³/mol. The summed E-state index contributed by atoms with van der Waals surface area (Å²) in [6.07, 6.45) is 0.562. The number of carbonyl (C=O) groups excluding carboxylic acids is 2. The van der Waals surface area contributed by atoms with Crippen LogP contribution >= 0.6 is 11.6 Å². The highest BCUT2D eigenvalue weighted by atomic mass is 35.5. The van der Waals surface area contributed by atoms with Crippen molar-refractivity contribution in [2.24, 2.45) is 0 Å². The van der Waals surface area contributed by atoms with E-state index in [-0.39, 0.29) is 18.4 Å². The number of carbonyl (C=O) groups is 2. The number of aliphatic hydroxyl groups is 1. The fourth-order valence-electron chi connectivity index (χ4n) is 2.70. The van der Waals surface area contributed by atoms with Crippen LogP contribution in [0.2, 0.25) is 5.02 Å². The molecule has 0 saturated carbocycles. The molecule has 0 aromatic heterocycles. The molecular weight excluding hydrogens is 376 g/mol. The molecule has 3 rings (SSSR count). The highest BCUT2D eigenvalue weighted by molar-refractivity contribution is 6.31. The second-order valence-corrected chi connectivity index (χ2v) is 6.57. The first-order chi connectivity index (χ1) is 13.6. The second-order valence-electron chi connectivity index (χ2n) is 6.13. The molecule has 0 atom stereocenters. The van der Waals surface area contributed by atoms with Gasteiger partial charge in [0.25, 0.3) is 11.8 Å². The first-order valence-corrected chi connectivity index (χ1v) is 9.12. The van der Waals surface area contributed by atoms with Gasteiger partial charge in [-0.15, -0.1) is 0 Å². The number of aliphatic hydroxyl groups excluding tert-OH is 1. The average molecular weight is 395 g/mol. The van der Waals surface area contributed by atoms with E-state index in [1.165, 1.54) is 0 Å². The zero-order valence-electron chi connectivity index (χ0n) is 15.0. The Morgan fingerprint density at radius 1 is 0.857 bits per heavy atom. The van der Waals surface area contributed by atoms with Gasteiger partial charge in [0.2, 0.25) is 0 Å². The lowest BCUT2D eigenvalue weighted by Gasteiger charge is -2.12. The fraction of sp³-hybridized carbons (Fsp3) is 0.0909. The van der Waals surface area contributed by atoms with Gasteiger partial charge in [-0.25, -0.2) is 0 Å². The van der Waals surface area contributed by atoms with Crippen LogP contribution in [0.1, 0.15) is 26.3 Å². The van der Waals surface area contributed by atoms with E-state index in [0.29, 0.717) is 33.9 Å². The summed E-state index contributed by atoms with van der Waals surface area (Å²) >= 11 is 5.94. The first-order valence-electron chi connectivity index (χ1n) is 8.74. The van der Waals surface area contributed by atoms with Gasteiger partial charge in [-0.3, -0.25) is 9.59 Å². The van der Waals surface area contributed by atoms with Crippen molar-refractivity contribution in [3.8, 4) is 0 Å². The van der Waals surface area contributed by atoms with Gasteiger partial charge in [-0.05, 0) is 54.4 Å². The SMILES string of the molecule is O=C(Nc1ccccc1C(=O)Nc1ccc(CCO)cc1)c1cccc(Cl)c1. The maximum Gasteiger partial charge on any atom is 0.257 e. The van der Waals surface area contributed by atoms with Gasteiger partial charge in [0.15, 0.2) is 0 Å². The summed E-state index contributed by atoms with van der Waals surface area (Å²) in [7, 11) is 0. The number of amides is 2. The summed E-state index contributed by atoms with van der Waals surface area (Å²) in [6.45, 7) is 0.0748. The van der Waals surface area contributed by atoms with E-state index in [2.05, 4.69) is 10.6 Å². The molecule has 0 unspecified atom stereocenters. The Morgan fingerprint density at radius 3 is 2.32 bits per heavy atom. The Hall–Kier alpha value is -3.15. The molecule has 0 aliphatic carbocycles. The molecule has 0 fully saturated rings. The summed E-state index contributed by atoms with van der Waals surface area (Å²) in [4.78, 5) is 25.2. The minimum atomic E-state index is -0.351. The molecule has 0 saturated heterocycles. The monoisotopic (exact) mass is 394 g/mol. The van der Waals surface area contributed by atoms with Crippen LogP contribution in [0.15, 0.2) is 72.8 Å². The van der Waals surface area contributed by atoms with Crippen LogP contribution in [0, 0.1) is 0 Å². The van der Waals surface area contributed by atoms with Crippen molar-refractivity contribution in [2.45, 2.75) is 6.42 Å². The van der Waals surface area contributed by atoms with Crippen molar-refractivity contribution in [3.63, 3.8) is 0 Å². The minimum absolute atomic E-state index is 0.0748. The molecular formula is C22H19ClN2O3. The Morgan fingerprint density at radius 2 is 1.61 bits per heavy atom. The number of para-hydroxylation sites is 1. The smallest absolute Gasteiger partial charge is 0.257 e. The molecule has 0 bridgehead atoms. The van der Waals surface area contributed by atoms with Crippen LogP contribution in [0.25, 0.3) is 0 Å². The van der Waals surface area contributed by atoms with Crippen LogP contribution in [0.4, 0.5) is 11.4 Å². The molecule has 3 N–H and O–H groups in total. The summed E-state index contributed by atoms with van der Waals surface area (Å²) in [5, 5.41) is 15.0. The Labute approximate surface area is 168 Å². The average Bonchev–Trinajstić information content (AvgIpc) is 2.70. The second kappa shape index (κ2) is 9.17. The third-order valence-electron chi connectivity index (χ3n) is 4.12. The van der Waals surface area contributed by atoms with Crippen LogP contribution in [-0.4, -0.2) is 23.5 Å². The molecule has 0 heterocycles. The van der Waals surface area contributed by atoms with Crippen LogP contribution in [0.5, 0.6) is 0 Å². The van der Waals surface area contributed by atoms with E-state index >= 15 is 0 Å². The highest BCUT2D eigenvalue weighted by Gasteiger charge is 2.14. The van der Waals surface area contributed by atoms with Crippen molar-refractivity contribution < 1.29 is 14.7 Å². The Bertz CT molecular complexity index is 987. The van der Waals surface area contributed by atoms with E-state index in [4.69, 9.17) is 16.7 Å². The lowest BCUT2D eigenvalue weighted by atomic mass is 10.1. The van der Waals surface area contributed by atoms with E-state index in [1.807, 2.05) is 12.1 Å². The van der Waals surface area contributed by atoms with Crippen molar-refractivity contribution in [3.05, 3.63) is 94.5 Å². The summed E-state index contributed by atoms with van der Waals surface area (Å²) in [5.41, 5.74) is 2.76. The van der Waals surface area contributed by atoms with Gasteiger partial charge in [-0.1, -0.05) is 41.9 Å². The van der Waals surface area contributed by atoms with Gasteiger partial charge in [0.1, 0.15) is 0 Å². The fourth-order valence-corrected chi connectivity index (χ4v) is 2.89. The molecule has 3 aromatic carbocycles. The zero-order valence-corrected chi connectivity index (χ0v) is 15.7. The number of halogens is 1. The molecule has 142 valence electrons. The minimum Gasteiger partial charge on any atom is -0.396 e. The van der Waals surface area contributed by atoms with E-state index in [0.717, 1.165) is 5.56 Å². The number of nitrogens with one attached hydrogen (secondary N) is 2. The largest absolute Gasteiger partial charge is 0.396 e. The number of hydrogen-bond acceptors (Lipinski definition) is 3. The number of anilines is 2. The standard InChI is InChI=1S/C22H19ClN2O3/c23-17-5-3-4-16(14-17)21(27)25-20-7-2-1-6-19(20)22(28)24-18-10-8-15(9-11-18)12-13-26/h1-11,14,26H,12-13H2,(H,24,28)(H,25,27). The molecule has 5 nitrogen and oxygen atoms in total. The summed E-state index contributed by atoms with van der Waals surface area (Å²) in [5.74, 6) is -0.687. The molecule has 0 radical (unpaired) electrons. The van der Waals surface area contributed by atoms with Gasteiger partial charge in [0.05, 0.1) is 11.3 Å². The lowest BCUT2D eigenvalue weighted by Crippen LogP contribution is -2.18. The molecule has 28 heavy (non-hydrogen) atoms. The van der Waals surface area contributed by atoms with Gasteiger partial charge < -0.3 is 15.7 Å². The molecule has 0 aliphatic rings. The zero-order chi connectivity index (χ0) is 19.9. The summed E-state index contributed by atoms with van der Waals surface area (Å²) < 4.78 is 0. The lowest BCUT2D eigenvalue weighted by molar-refractivity contribution is 0.102. The number of hydrogen-bond donors (Lipinski definition) is 3. The van der Waals surface area contributed by atoms with Crippen molar-refractivity contribution in [1.29, 1.82) is 0 Å². The Kier molecular flexibility index (Phi) is 6.42. The van der Waals surface area contributed by atoms with Gasteiger partial charge >= 0.3 is 0 Å². The van der Waals surface area contributed by atoms with E-state index < -0.39 is 0 Å². The topological polar surface area (TPSA) is 78.4 Å². The van der Waals surface area contributed by atoms with Crippen LogP contribution in [-0.2, 0) is 6.42 Å². The van der Waals surface area contributed by atoms with Crippen LogP contribution in [0.3, 0.4) is 0 Å². The molecule has 6 heteroatoms. The maximum atomic E-state index is 12.7. The van der Waals surface area contributed by atoms with E-state index in [1.54, 1.807) is 60.7 Å². The van der Waals surface area contributed by atoms with E-state index in [9.17, 15) is 9.59 Å².